The average molecular weight is 913 g/mol. The van der Waals surface area contributed by atoms with Crippen LogP contribution in [0.1, 0.15) is 75.5 Å². The van der Waals surface area contributed by atoms with Crippen LogP contribution < -0.4 is 5.73 Å². The van der Waals surface area contributed by atoms with Gasteiger partial charge in [0.05, 0.1) is 6.61 Å². The zero-order chi connectivity index (χ0) is 51.8. The Kier molecular flexibility index (Phi) is 49.8. The fourth-order valence-electron chi connectivity index (χ4n) is 2.30. The molecular formula is C30H52N6O26. The lowest BCUT2D eigenvalue weighted by atomic mass is 10.1. The summed E-state index contributed by atoms with van der Waals surface area (Å²) >= 11 is 0. The van der Waals surface area contributed by atoms with Crippen LogP contribution >= 0.6 is 0 Å². The Bertz CT molecular complexity index is 1460. The first-order chi connectivity index (χ1) is 27.8. The smallest absolute Gasteiger partial charge is 0.473 e. The van der Waals surface area contributed by atoms with Crippen molar-refractivity contribution in [3.8, 4) is 0 Å². The lowest BCUT2D eigenvalue weighted by Gasteiger charge is -2.15. The molecule has 32 heteroatoms. The second-order valence-corrected chi connectivity index (χ2v) is 9.91. The van der Waals surface area contributed by atoms with E-state index in [2.05, 4.69) is 15.0 Å². The SMILES string of the molecule is CC(=O)O.CC(=O)O.CC(=O)O.CC(=O)O.CC(=O)O.CC(=O)O.CC(=O)O.CC(=O)O.CC(=O)O.CC(=O)O.Nc1nc([N+](=O)[O-])nc2c1ncn2[C@@H]1O[C@H](CO)[C@@H](O)[C@H]1O. The van der Waals surface area contributed by atoms with Crippen molar-refractivity contribution in [2.45, 2.75) is 93.8 Å². The molecule has 0 bridgehead atoms. The molecule has 15 N–H and O–H groups in total. The van der Waals surface area contributed by atoms with Crippen molar-refractivity contribution in [3.05, 3.63) is 16.4 Å². The van der Waals surface area contributed by atoms with Gasteiger partial charge in [0.15, 0.2) is 11.7 Å². The number of aliphatic hydroxyl groups excluding tert-OH is 3. The molecule has 0 aliphatic carbocycles. The van der Waals surface area contributed by atoms with Crippen LogP contribution in [0.4, 0.5) is 11.8 Å². The van der Waals surface area contributed by atoms with Gasteiger partial charge in [0.25, 0.3) is 59.7 Å². The van der Waals surface area contributed by atoms with Crippen molar-refractivity contribution in [3.63, 3.8) is 0 Å². The van der Waals surface area contributed by atoms with Crippen molar-refractivity contribution < 1.29 is 124 Å². The number of carboxylic acid groups (broad SMARTS) is 10. The number of aliphatic carboxylic acids is 10. The van der Waals surface area contributed by atoms with E-state index in [9.17, 15) is 20.3 Å². The molecule has 2 aromatic rings. The average Bonchev–Trinajstić information content (AvgIpc) is 3.54. The summed E-state index contributed by atoms with van der Waals surface area (Å²) in [5, 5.41) is 114. The quantitative estimate of drug-likeness (QED) is 0.127. The van der Waals surface area contributed by atoms with Gasteiger partial charge in [-0.25, -0.2) is 4.98 Å². The molecule has 0 radical (unpaired) electrons. The minimum Gasteiger partial charge on any atom is -0.481 e. The number of imidazole rings is 1. The predicted octanol–water partition coefficient (Wildman–Crippen LogP) is -1.16. The molecule has 0 saturated carbocycles. The molecule has 32 nitrogen and oxygen atoms in total. The predicted molar refractivity (Wildman–Crippen MR) is 202 cm³/mol. The largest absolute Gasteiger partial charge is 0.481 e. The molecule has 0 amide bonds. The third-order valence-electron chi connectivity index (χ3n) is 3.39. The molecule has 2 aromatic heterocycles. The highest BCUT2D eigenvalue weighted by atomic mass is 16.6. The van der Waals surface area contributed by atoms with Crippen molar-refractivity contribution >= 4 is 82.6 Å². The molecule has 358 valence electrons. The number of aliphatic hydroxyl groups is 3. The molecular weight excluding hydrogens is 860 g/mol. The van der Waals surface area contributed by atoms with E-state index in [1.54, 1.807) is 0 Å². The van der Waals surface area contributed by atoms with E-state index in [1.165, 1.54) is 10.9 Å². The maximum atomic E-state index is 10.8. The van der Waals surface area contributed by atoms with Gasteiger partial charge < -0.3 is 87.0 Å². The van der Waals surface area contributed by atoms with Gasteiger partial charge in [-0.15, -0.1) is 0 Å². The summed E-state index contributed by atoms with van der Waals surface area (Å²) in [6.45, 7) is 10.3. The Labute approximate surface area is 348 Å². The molecule has 62 heavy (non-hydrogen) atoms. The number of fused-ring (bicyclic) bond motifs is 1. The van der Waals surface area contributed by atoms with E-state index in [-0.39, 0.29) is 17.0 Å². The number of nitro groups is 1. The van der Waals surface area contributed by atoms with Gasteiger partial charge in [-0.1, -0.05) is 0 Å². The molecule has 3 rings (SSSR count). The summed E-state index contributed by atoms with van der Waals surface area (Å²) in [4.78, 5) is 111. The molecule has 1 aliphatic rings. The number of hydrogen-bond donors (Lipinski definition) is 14. The molecule has 3 heterocycles. The van der Waals surface area contributed by atoms with E-state index in [1.807, 2.05) is 0 Å². The summed E-state index contributed by atoms with van der Waals surface area (Å²) < 4.78 is 6.53. The van der Waals surface area contributed by atoms with Crippen LogP contribution in [0.25, 0.3) is 11.2 Å². The Morgan fingerprint density at radius 2 is 0.855 bits per heavy atom. The topological polar surface area (TPSA) is 556 Å². The van der Waals surface area contributed by atoms with E-state index in [4.69, 9.17) is 115 Å². The second-order valence-electron chi connectivity index (χ2n) is 9.91. The number of carbonyl (C=O) groups is 10. The van der Waals surface area contributed by atoms with Crippen molar-refractivity contribution in [1.82, 2.24) is 19.5 Å². The summed E-state index contributed by atoms with van der Waals surface area (Å²) in [7, 11) is 0. The molecule has 0 unspecified atom stereocenters. The van der Waals surface area contributed by atoms with Gasteiger partial charge in [0, 0.05) is 69.2 Å². The van der Waals surface area contributed by atoms with Crippen molar-refractivity contribution in [1.29, 1.82) is 0 Å². The second kappa shape index (κ2) is 42.9. The molecule has 4 atom stereocenters. The van der Waals surface area contributed by atoms with Crippen LogP contribution in [0.5, 0.6) is 0 Å². The highest BCUT2D eigenvalue weighted by Gasteiger charge is 2.44. The highest BCUT2D eigenvalue weighted by molar-refractivity contribution is 5.82. The van der Waals surface area contributed by atoms with Crippen LogP contribution in [0.15, 0.2) is 6.33 Å². The van der Waals surface area contributed by atoms with E-state index in [0.29, 0.717) is 0 Å². The fraction of sp³-hybridized carbons (Fsp3) is 0.500. The first kappa shape index (κ1) is 72.0. The first-order valence-electron chi connectivity index (χ1n) is 15.5. The number of carboxylic acids is 10. The Balaban J connectivity index is -0.000000101. The number of aromatic nitrogens is 4. The van der Waals surface area contributed by atoms with Gasteiger partial charge in [-0.05, 0) is 14.9 Å². The number of nitrogen functional groups attached to an aromatic ring is 1. The number of rotatable bonds is 3. The van der Waals surface area contributed by atoms with Gasteiger partial charge in [0.2, 0.25) is 11.5 Å². The lowest BCUT2D eigenvalue weighted by Crippen LogP contribution is -2.33. The van der Waals surface area contributed by atoms with Crippen molar-refractivity contribution in [2.75, 3.05) is 12.3 Å². The maximum absolute atomic E-state index is 10.8. The number of nitrogens with zero attached hydrogens (tertiary/aromatic N) is 5. The third-order valence-corrected chi connectivity index (χ3v) is 3.39. The Morgan fingerprint density at radius 1 is 0.597 bits per heavy atom. The zero-order valence-corrected chi connectivity index (χ0v) is 34.5. The summed E-state index contributed by atoms with van der Waals surface area (Å²) in [6.07, 6.45) is -3.59. The Morgan fingerprint density at radius 3 is 1.06 bits per heavy atom. The summed E-state index contributed by atoms with van der Waals surface area (Å²) in [6, 6.07) is 0. The van der Waals surface area contributed by atoms with Crippen LogP contribution in [0, 0.1) is 10.1 Å². The monoisotopic (exact) mass is 912 g/mol. The molecule has 1 fully saturated rings. The lowest BCUT2D eigenvalue weighted by molar-refractivity contribution is -0.394. The van der Waals surface area contributed by atoms with Gasteiger partial charge in [-0.3, -0.25) is 52.5 Å². The molecule has 1 saturated heterocycles. The first-order valence-corrected chi connectivity index (χ1v) is 15.5. The van der Waals surface area contributed by atoms with Gasteiger partial charge in [0.1, 0.15) is 24.6 Å². The zero-order valence-electron chi connectivity index (χ0n) is 34.5. The third kappa shape index (κ3) is 73.4. The normalized spacial score (nSPS) is 14.1. The fourth-order valence-corrected chi connectivity index (χ4v) is 2.30. The molecule has 0 aromatic carbocycles. The minimum absolute atomic E-state index is 0.0194. The Hall–Kier alpha value is -7.71. The van der Waals surface area contributed by atoms with Crippen molar-refractivity contribution in [2.24, 2.45) is 0 Å². The number of ether oxygens (including phenoxy) is 1. The molecule has 1 aliphatic heterocycles. The van der Waals surface area contributed by atoms with Crippen LogP contribution in [-0.4, -0.2) is 175 Å². The van der Waals surface area contributed by atoms with Gasteiger partial charge >= 0.3 is 5.95 Å². The summed E-state index contributed by atoms with van der Waals surface area (Å²) in [5.41, 5.74) is 5.68. The van der Waals surface area contributed by atoms with E-state index >= 15 is 0 Å². The minimum atomic E-state index is -1.37. The highest BCUT2D eigenvalue weighted by Crippen LogP contribution is 2.32. The number of hydrogen-bond acceptors (Lipinski definition) is 20. The van der Waals surface area contributed by atoms with E-state index in [0.717, 1.165) is 69.2 Å². The molecule has 0 spiro atoms. The standard InChI is InChI=1S/C10H12N6O6.10C2H4O2/c11-7-4-8(14-10(13-7)16(20)21)15(2-12-4)9-6(19)5(18)3(1-17)22-9;10*1-2(3)4/h2-3,5-6,9,17-19H,1H2,(H2,11,13,14);10*1H3,(H,3,4)/t3-,5-,6-,9-;;;;;;;;;;/m1........../s1. The number of nitrogens with two attached hydrogens (primary N) is 1. The van der Waals surface area contributed by atoms with Gasteiger partial charge in [-0.2, -0.15) is 0 Å². The van der Waals surface area contributed by atoms with Crippen LogP contribution in [-0.2, 0) is 52.7 Å². The van der Waals surface area contributed by atoms with Crippen LogP contribution in [0.3, 0.4) is 0 Å². The van der Waals surface area contributed by atoms with Crippen LogP contribution in [0.2, 0.25) is 0 Å². The summed E-state index contributed by atoms with van der Waals surface area (Å²) in [5.74, 6) is -9.25. The number of anilines is 1. The van der Waals surface area contributed by atoms with E-state index < -0.39 is 102 Å². The maximum Gasteiger partial charge on any atom is 0.473 e.